The van der Waals surface area contributed by atoms with E-state index in [4.69, 9.17) is 0 Å². The first-order chi connectivity index (χ1) is 11.8. The van der Waals surface area contributed by atoms with Crippen molar-refractivity contribution in [2.45, 2.75) is 38.3 Å². The average molecular weight is 322 g/mol. The van der Waals surface area contributed by atoms with Gasteiger partial charge in [-0.05, 0) is 42.4 Å². The molecule has 24 heavy (non-hydrogen) atoms. The summed E-state index contributed by atoms with van der Waals surface area (Å²) in [6.07, 6.45) is 7.66. The fourth-order valence-corrected chi connectivity index (χ4v) is 3.79. The van der Waals surface area contributed by atoms with Gasteiger partial charge in [-0.15, -0.1) is 0 Å². The summed E-state index contributed by atoms with van der Waals surface area (Å²) in [6, 6.07) is 8.62. The molecule has 2 aliphatic rings. The summed E-state index contributed by atoms with van der Waals surface area (Å²) in [5.74, 6) is 0.106. The Labute approximate surface area is 142 Å². The van der Waals surface area contributed by atoms with E-state index in [0.717, 1.165) is 44.5 Å². The number of carbonyl (C=O) groups excluding carboxylic acids is 1. The van der Waals surface area contributed by atoms with Gasteiger partial charge in [-0.1, -0.05) is 24.3 Å². The third kappa shape index (κ3) is 3.17. The van der Waals surface area contributed by atoms with Crippen LogP contribution in [0, 0.1) is 0 Å². The van der Waals surface area contributed by atoms with Gasteiger partial charge in [0.25, 0.3) is 0 Å². The maximum atomic E-state index is 12.5. The quantitative estimate of drug-likeness (QED) is 0.939. The van der Waals surface area contributed by atoms with Crippen LogP contribution in [0.2, 0.25) is 0 Å². The molecule has 1 amide bonds. The molecule has 1 aliphatic carbocycles. The molecule has 0 radical (unpaired) electrons. The van der Waals surface area contributed by atoms with Crippen LogP contribution in [0.4, 0.5) is 0 Å². The van der Waals surface area contributed by atoms with Crippen molar-refractivity contribution in [2.75, 3.05) is 13.1 Å². The molecule has 1 atom stereocenters. The Kier molecular flexibility index (Phi) is 4.26. The van der Waals surface area contributed by atoms with Gasteiger partial charge in [0.05, 0.1) is 18.3 Å². The van der Waals surface area contributed by atoms with Gasteiger partial charge >= 0.3 is 0 Å². The maximum Gasteiger partial charge on any atom is 0.234 e. The van der Waals surface area contributed by atoms with E-state index in [-0.39, 0.29) is 11.9 Å². The number of benzene rings is 1. The van der Waals surface area contributed by atoms with E-state index in [2.05, 4.69) is 44.5 Å². The summed E-state index contributed by atoms with van der Waals surface area (Å²) in [4.78, 5) is 23.1. The predicted octanol–water partition coefficient (Wildman–Crippen LogP) is 2.03. The summed E-state index contributed by atoms with van der Waals surface area (Å²) >= 11 is 0. The molecule has 0 unspecified atom stereocenters. The maximum absolute atomic E-state index is 12.5. The molecule has 5 heteroatoms. The summed E-state index contributed by atoms with van der Waals surface area (Å²) < 4.78 is 0. The van der Waals surface area contributed by atoms with Crippen LogP contribution in [0.3, 0.4) is 0 Å². The van der Waals surface area contributed by atoms with E-state index in [0.29, 0.717) is 6.54 Å². The molecule has 1 aliphatic heterocycles. The number of fused-ring (bicyclic) bond motifs is 2. The third-order valence-electron chi connectivity index (χ3n) is 5.02. The number of aryl methyl sites for hydroxylation is 1. The first-order valence-corrected chi connectivity index (χ1v) is 8.67. The molecule has 0 spiro atoms. The molecule has 0 bridgehead atoms. The molecule has 0 saturated carbocycles. The number of aromatic nitrogens is 2. The van der Waals surface area contributed by atoms with Crippen LogP contribution >= 0.6 is 0 Å². The smallest absolute Gasteiger partial charge is 0.234 e. The average Bonchev–Trinajstić information content (AvgIpc) is 2.62. The van der Waals surface area contributed by atoms with Crippen LogP contribution in [0.5, 0.6) is 0 Å². The Morgan fingerprint density at radius 3 is 3.12 bits per heavy atom. The normalized spacial score (nSPS) is 20.1. The third-order valence-corrected chi connectivity index (χ3v) is 5.02. The standard InChI is InChI=1S/C19H22N4O/c24-19(12-23-9-8-15-10-20-13-21-18(15)11-23)22-17-7-3-5-14-4-1-2-6-16(14)17/h1-2,4,6,10,13,17H,3,5,7-9,11-12H2,(H,22,24)/t17-/m1/s1. The first kappa shape index (κ1) is 15.3. The zero-order chi connectivity index (χ0) is 16.4. The highest BCUT2D eigenvalue weighted by atomic mass is 16.2. The Balaban J connectivity index is 1.38. The van der Waals surface area contributed by atoms with Gasteiger partial charge in [0.15, 0.2) is 0 Å². The van der Waals surface area contributed by atoms with Crippen molar-refractivity contribution in [3.05, 3.63) is 59.2 Å². The fraction of sp³-hybridized carbons (Fsp3) is 0.421. The number of nitrogens with zero attached hydrogens (tertiary/aromatic N) is 3. The van der Waals surface area contributed by atoms with E-state index in [1.54, 1.807) is 6.33 Å². The second kappa shape index (κ2) is 6.69. The lowest BCUT2D eigenvalue weighted by Crippen LogP contribution is -2.41. The zero-order valence-corrected chi connectivity index (χ0v) is 13.7. The van der Waals surface area contributed by atoms with E-state index >= 15 is 0 Å². The molecule has 1 aromatic heterocycles. The lowest BCUT2D eigenvalue weighted by atomic mass is 9.88. The van der Waals surface area contributed by atoms with Crippen LogP contribution in [-0.4, -0.2) is 33.9 Å². The van der Waals surface area contributed by atoms with Gasteiger partial charge in [-0.2, -0.15) is 0 Å². The molecular formula is C19H22N4O. The number of nitrogens with one attached hydrogen (secondary N) is 1. The lowest BCUT2D eigenvalue weighted by Gasteiger charge is -2.29. The first-order valence-electron chi connectivity index (χ1n) is 8.67. The highest BCUT2D eigenvalue weighted by Crippen LogP contribution is 2.29. The summed E-state index contributed by atoms with van der Waals surface area (Å²) in [6.45, 7) is 2.05. The molecular weight excluding hydrogens is 300 g/mol. The zero-order valence-electron chi connectivity index (χ0n) is 13.7. The number of amides is 1. The highest BCUT2D eigenvalue weighted by molar-refractivity contribution is 5.78. The number of carbonyl (C=O) groups is 1. The van der Waals surface area contributed by atoms with Crippen molar-refractivity contribution in [3.63, 3.8) is 0 Å². The van der Waals surface area contributed by atoms with Crippen molar-refractivity contribution in [1.82, 2.24) is 20.2 Å². The van der Waals surface area contributed by atoms with Gasteiger partial charge < -0.3 is 5.32 Å². The minimum atomic E-state index is 0.106. The van der Waals surface area contributed by atoms with Crippen LogP contribution < -0.4 is 5.32 Å². The molecule has 4 rings (SSSR count). The van der Waals surface area contributed by atoms with Gasteiger partial charge in [0.1, 0.15) is 6.33 Å². The van der Waals surface area contributed by atoms with E-state index in [1.165, 1.54) is 16.7 Å². The highest BCUT2D eigenvalue weighted by Gasteiger charge is 2.24. The van der Waals surface area contributed by atoms with Crippen LogP contribution in [0.1, 0.15) is 41.3 Å². The summed E-state index contributed by atoms with van der Waals surface area (Å²) in [5, 5.41) is 3.23. The van der Waals surface area contributed by atoms with E-state index in [1.807, 2.05) is 6.20 Å². The topological polar surface area (TPSA) is 58.1 Å². The van der Waals surface area contributed by atoms with Crippen molar-refractivity contribution in [2.24, 2.45) is 0 Å². The van der Waals surface area contributed by atoms with Gasteiger partial charge in [0.2, 0.25) is 5.91 Å². The van der Waals surface area contributed by atoms with Crippen molar-refractivity contribution in [3.8, 4) is 0 Å². The van der Waals surface area contributed by atoms with E-state index < -0.39 is 0 Å². The Morgan fingerprint density at radius 2 is 2.17 bits per heavy atom. The number of rotatable bonds is 3. The van der Waals surface area contributed by atoms with Crippen LogP contribution in [0.25, 0.3) is 0 Å². The largest absolute Gasteiger partial charge is 0.348 e. The molecule has 0 saturated heterocycles. The Morgan fingerprint density at radius 1 is 1.25 bits per heavy atom. The van der Waals surface area contributed by atoms with Crippen LogP contribution in [-0.2, 0) is 24.2 Å². The molecule has 2 heterocycles. The molecule has 1 N–H and O–H groups in total. The van der Waals surface area contributed by atoms with Crippen LogP contribution in [0.15, 0.2) is 36.8 Å². The number of hydrogen-bond acceptors (Lipinski definition) is 4. The number of hydrogen-bond donors (Lipinski definition) is 1. The molecule has 0 fully saturated rings. The van der Waals surface area contributed by atoms with E-state index in [9.17, 15) is 4.79 Å². The monoisotopic (exact) mass is 322 g/mol. The van der Waals surface area contributed by atoms with Crippen molar-refractivity contribution >= 4 is 5.91 Å². The summed E-state index contributed by atoms with van der Waals surface area (Å²) in [7, 11) is 0. The van der Waals surface area contributed by atoms with Gasteiger partial charge in [0, 0.05) is 19.3 Å². The lowest BCUT2D eigenvalue weighted by molar-refractivity contribution is -0.123. The van der Waals surface area contributed by atoms with Crippen molar-refractivity contribution in [1.29, 1.82) is 0 Å². The minimum absolute atomic E-state index is 0.106. The minimum Gasteiger partial charge on any atom is -0.348 e. The fourth-order valence-electron chi connectivity index (χ4n) is 3.79. The molecule has 124 valence electrons. The SMILES string of the molecule is O=C(CN1CCc2cncnc2C1)N[C@@H]1CCCc2ccccc21. The predicted molar refractivity (Wildman–Crippen MR) is 91.3 cm³/mol. The second-order valence-corrected chi connectivity index (χ2v) is 6.67. The molecule has 1 aromatic carbocycles. The Bertz CT molecular complexity index is 746. The van der Waals surface area contributed by atoms with Gasteiger partial charge in [-0.25, -0.2) is 9.97 Å². The molecule has 2 aromatic rings. The molecule has 5 nitrogen and oxygen atoms in total. The Hall–Kier alpha value is -2.27. The summed E-state index contributed by atoms with van der Waals surface area (Å²) in [5.41, 5.74) is 4.91. The van der Waals surface area contributed by atoms with Gasteiger partial charge in [-0.3, -0.25) is 9.69 Å². The second-order valence-electron chi connectivity index (χ2n) is 6.67. The van der Waals surface area contributed by atoms with Crippen molar-refractivity contribution < 1.29 is 4.79 Å².